The van der Waals surface area contributed by atoms with Gasteiger partial charge < -0.3 is 20.8 Å². The summed E-state index contributed by atoms with van der Waals surface area (Å²) in [6.07, 6.45) is 0. The highest BCUT2D eigenvalue weighted by Gasteiger charge is 2.27. The number of amides is 1. The highest BCUT2D eigenvalue weighted by atomic mass is 16.5. The van der Waals surface area contributed by atoms with Crippen LogP contribution in [0.15, 0.2) is 18.2 Å². The Morgan fingerprint density at radius 3 is 2.74 bits per heavy atom. The Balaban J connectivity index is 2.49. The van der Waals surface area contributed by atoms with Gasteiger partial charge in [0.2, 0.25) is 11.9 Å². The summed E-state index contributed by atoms with van der Waals surface area (Å²) in [5.74, 6) is 0.700. The summed E-state index contributed by atoms with van der Waals surface area (Å²) < 4.78 is 6.94. The van der Waals surface area contributed by atoms with Crippen LogP contribution in [-0.2, 0) is 11.3 Å². The number of carbonyl (C=O) groups is 1. The predicted octanol–water partition coefficient (Wildman–Crippen LogP) is 1.14. The van der Waals surface area contributed by atoms with E-state index in [9.17, 15) is 4.79 Å². The van der Waals surface area contributed by atoms with Gasteiger partial charge in [0.25, 0.3) is 0 Å². The molecule has 1 heterocycles. The number of anilines is 1. The molecule has 0 radical (unpaired) electrons. The molecule has 0 unspecified atom stereocenters. The van der Waals surface area contributed by atoms with E-state index in [1.165, 1.54) is 0 Å². The Hall–Kier alpha value is -2.24. The number of nitrogens with zero attached hydrogens (tertiary/aromatic N) is 2. The number of imidazole rings is 1. The van der Waals surface area contributed by atoms with Crippen LogP contribution >= 0.6 is 0 Å². The lowest BCUT2D eigenvalue weighted by Crippen LogP contribution is -2.35. The van der Waals surface area contributed by atoms with Gasteiger partial charge in [0.1, 0.15) is 5.75 Å². The lowest BCUT2D eigenvalue weighted by atomic mass is 9.92. The molecule has 0 fully saturated rings. The van der Waals surface area contributed by atoms with Crippen LogP contribution in [0.3, 0.4) is 0 Å². The van der Waals surface area contributed by atoms with Crippen LogP contribution < -0.4 is 16.2 Å². The molecule has 0 spiro atoms. The van der Waals surface area contributed by atoms with Crippen molar-refractivity contribution >= 4 is 22.9 Å². The Morgan fingerprint density at radius 2 is 2.16 bits per heavy atom. The number of rotatable bonds is 4. The lowest BCUT2D eigenvalue weighted by Gasteiger charge is -2.21. The van der Waals surface area contributed by atoms with Crippen molar-refractivity contribution in [1.82, 2.24) is 9.55 Å². The normalized spacial score (nSPS) is 11.7. The number of nitrogens with two attached hydrogens (primary N) is 2. The fourth-order valence-corrected chi connectivity index (χ4v) is 1.89. The predicted molar refractivity (Wildman–Crippen MR) is 73.7 cm³/mol. The van der Waals surface area contributed by atoms with E-state index < -0.39 is 5.41 Å². The quantitative estimate of drug-likeness (QED) is 0.863. The van der Waals surface area contributed by atoms with Gasteiger partial charge in [-0.05, 0) is 26.0 Å². The summed E-state index contributed by atoms with van der Waals surface area (Å²) in [6.45, 7) is 3.95. The van der Waals surface area contributed by atoms with Crippen molar-refractivity contribution in [2.24, 2.45) is 11.1 Å². The standard InChI is InChI=1S/C13H18N4O2/c1-13(2,11(14)18)7-17-10-5-4-8(19-3)6-9(10)16-12(17)15/h4-6H,7H2,1-3H3,(H2,14,18)(H2,15,16). The first-order chi connectivity index (χ1) is 8.85. The third-order valence-corrected chi connectivity index (χ3v) is 3.21. The third kappa shape index (κ3) is 2.33. The van der Waals surface area contributed by atoms with E-state index in [0.717, 1.165) is 11.0 Å². The number of methoxy groups -OCH3 is 1. The summed E-state index contributed by atoms with van der Waals surface area (Å²) in [7, 11) is 1.59. The zero-order chi connectivity index (χ0) is 14.2. The number of nitrogen functional groups attached to an aromatic ring is 1. The molecule has 6 nitrogen and oxygen atoms in total. The molecule has 19 heavy (non-hydrogen) atoms. The van der Waals surface area contributed by atoms with Gasteiger partial charge in [-0.1, -0.05) is 0 Å². The largest absolute Gasteiger partial charge is 0.497 e. The average molecular weight is 262 g/mol. The molecular formula is C13H18N4O2. The summed E-state index contributed by atoms with van der Waals surface area (Å²) in [4.78, 5) is 15.7. The zero-order valence-corrected chi connectivity index (χ0v) is 11.3. The number of carbonyl (C=O) groups excluding carboxylic acids is 1. The van der Waals surface area contributed by atoms with E-state index in [0.29, 0.717) is 18.2 Å². The molecular weight excluding hydrogens is 244 g/mol. The molecule has 1 amide bonds. The Morgan fingerprint density at radius 1 is 1.47 bits per heavy atom. The number of hydrogen-bond acceptors (Lipinski definition) is 4. The second-order valence-electron chi connectivity index (χ2n) is 5.16. The number of aromatic nitrogens is 2. The third-order valence-electron chi connectivity index (χ3n) is 3.21. The number of ether oxygens (including phenoxy) is 1. The summed E-state index contributed by atoms with van der Waals surface area (Å²) in [5, 5.41) is 0. The Labute approximate surface area is 111 Å². The first kappa shape index (κ1) is 13.2. The highest BCUT2D eigenvalue weighted by Crippen LogP contribution is 2.26. The van der Waals surface area contributed by atoms with Crippen molar-refractivity contribution in [2.75, 3.05) is 12.8 Å². The van der Waals surface area contributed by atoms with Crippen LogP contribution in [-0.4, -0.2) is 22.6 Å². The molecule has 0 saturated heterocycles. The second kappa shape index (κ2) is 4.46. The minimum atomic E-state index is -0.693. The molecule has 2 aromatic rings. The second-order valence-corrected chi connectivity index (χ2v) is 5.16. The van der Waals surface area contributed by atoms with Gasteiger partial charge in [-0.3, -0.25) is 4.79 Å². The van der Waals surface area contributed by atoms with Gasteiger partial charge in [0.15, 0.2) is 0 Å². The molecule has 0 aliphatic rings. The van der Waals surface area contributed by atoms with Crippen LogP contribution in [0.1, 0.15) is 13.8 Å². The molecule has 1 aromatic carbocycles. The zero-order valence-electron chi connectivity index (χ0n) is 11.3. The van der Waals surface area contributed by atoms with E-state index >= 15 is 0 Å². The van der Waals surface area contributed by atoms with Crippen LogP contribution in [0.4, 0.5) is 5.95 Å². The van der Waals surface area contributed by atoms with Gasteiger partial charge in [-0.15, -0.1) is 0 Å². The summed E-state index contributed by atoms with van der Waals surface area (Å²) >= 11 is 0. The van der Waals surface area contributed by atoms with Crippen molar-refractivity contribution < 1.29 is 9.53 Å². The van der Waals surface area contributed by atoms with Crippen molar-refractivity contribution in [1.29, 1.82) is 0 Å². The fraction of sp³-hybridized carbons (Fsp3) is 0.385. The fourth-order valence-electron chi connectivity index (χ4n) is 1.89. The first-order valence-electron chi connectivity index (χ1n) is 5.95. The number of primary amides is 1. The van der Waals surface area contributed by atoms with Crippen LogP contribution in [0.5, 0.6) is 5.75 Å². The van der Waals surface area contributed by atoms with Crippen LogP contribution in [0.2, 0.25) is 0 Å². The van der Waals surface area contributed by atoms with E-state index in [2.05, 4.69) is 4.98 Å². The van der Waals surface area contributed by atoms with E-state index in [1.807, 2.05) is 12.1 Å². The number of hydrogen-bond donors (Lipinski definition) is 2. The summed E-state index contributed by atoms with van der Waals surface area (Å²) in [6, 6.07) is 5.51. The monoisotopic (exact) mass is 262 g/mol. The van der Waals surface area contributed by atoms with Crippen LogP contribution in [0, 0.1) is 5.41 Å². The van der Waals surface area contributed by atoms with E-state index in [-0.39, 0.29) is 5.91 Å². The SMILES string of the molecule is COc1ccc2c(c1)nc(N)n2CC(C)(C)C(N)=O. The first-order valence-corrected chi connectivity index (χ1v) is 5.95. The van der Waals surface area contributed by atoms with Gasteiger partial charge in [0, 0.05) is 12.6 Å². The molecule has 102 valence electrons. The Bertz CT molecular complexity index is 631. The smallest absolute Gasteiger partial charge is 0.224 e. The van der Waals surface area contributed by atoms with E-state index in [4.69, 9.17) is 16.2 Å². The maximum Gasteiger partial charge on any atom is 0.224 e. The molecule has 0 atom stereocenters. The topological polar surface area (TPSA) is 96.2 Å². The molecule has 0 saturated carbocycles. The molecule has 2 rings (SSSR count). The molecule has 4 N–H and O–H groups in total. The lowest BCUT2D eigenvalue weighted by molar-refractivity contribution is -0.126. The minimum Gasteiger partial charge on any atom is -0.497 e. The maximum absolute atomic E-state index is 11.4. The number of fused-ring (bicyclic) bond motifs is 1. The van der Waals surface area contributed by atoms with Gasteiger partial charge >= 0.3 is 0 Å². The van der Waals surface area contributed by atoms with Crippen molar-refractivity contribution in [3.8, 4) is 5.75 Å². The van der Waals surface area contributed by atoms with Gasteiger partial charge in [-0.2, -0.15) is 0 Å². The van der Waals surface area contributed by atoms with Gasteiger partial charge in [-0.25, -0.2) is 4.98 Å². The minimum absolute atomic E-state index is 0.359. The van der Waals surface area contributed by atoms with Crippen molar-refractivity contribution in [3.05, 3.63) is 18.2 Å². The number of benzene rings is 1. The average Bonchev–Trinajstić information content (AvgIpc) is 2.64. The van der Waals surface area contributed by atoms with E-state index in [1.54, 1.807) is 31.6 Å². The Kier molecular flexibility index (Phi) is 3.09. The molecule has 0 aliphatic carbocycles. The van der Waals surface area contributed by atoms with Crippen molar-refractivity contribution in [2.45, 2.75) is 20.4 Å². The molecule has 1 aromatic heterocycles. The highest BCUT2D eigenvalue weighted by molar-refractivity contribution is 5.82. The maximum atomic E-state index is 11.4. The summed E-state index contributed by atoms with van der Waals surface area (Å²) in [5.41, 5.74) is 12.2. The van der Waals surface area contributed by atoms with Crippen molar-refractivity contribution in [3.63, 3.8) is 0 Å². The molecule has 6 heteroatoms. The molecule has 0 bridgehead atoms. The van der Waals surface area contributed by atoms with Gasteiger partial charge in [0.05, 0.1) is 23.6 Å². The van der Waals surface area contributed by atoms with Crippen LogP contribution in [0.25, 0.3) is 11.0 Å². The molecule has 0 aliphatic heterocycles.